The summed E-state index contributed by atoms with van der Waals surface area (Å²) in [4.78, 5) is 0. The lowest BCUT2D eigenvalue weighted by Crippen LogP contribution is -2.00. The molecule has 0 fully saturated rings. The molecule has 0 aromatic heterocycles. The molecule has 1 aliphatic carbocycles. The molecule has 0 aliphatic heterocycles. The van der Waals surface area contributed by atoms with E-state index in [9.17, 15) is 0 Å². The number of hydrogen-bond acceptors (Lipinski definition) is 1. The maximum absolute atomic E-state index is 5.24. The molecule has 0 amide bonds. The van der Waals surface area contributed by atoms with Crippen LogP contribution in [-0.2, 0) is 11.2 Å². The zero-order valence-corrected chi connectivity index (χ0v) is 10.1. The van der Waals surface area contributed by atoms with Crippen molar-refractivity contribution in [1.82, 2.24) is 0 Å². The summed E-state index contributed by atoms with van der Waals surface area (Å²) >= 11 is 0. The van der Waals surface area contributed by atoms with Gasteiger partial charge in [0, 0.05) is 6.42 Å². The second-order valence-electron chi connectivity index (χ2n) is 3.52. The Morgan fingerprint density at radius 3 is 2.53 bits per heavy atom. The van der Waals surface area contributed by atoms with Crippen LogP contribution in [0.5, 0.6) is 0 Å². The van der Waals surface area contributed by atoms with Gasteiger partial charge in [0.25, 0.3) is 0 Å². The van der Waals surface area contributed by atoms with Crippen molar-refractivity contribution < 1.29 is 4.74 Å². The molecule has 0 saturated carbocycles. The lowest BCUT2D eigenvalue weighted by atomic mass is 9.95. The van der Waals surface area contributed by atoms with E-state index in [4.69, 9.17) is 4.74 Å². The van der Waals surface area contributed by atoms with Crippen molar-refractivity contribution in [1.29, 1.82) is 0 Å². The normalized spacial score (nSPS) is 13.2. The molecule has 0 spiro atoms. The third-order valence-corrected chi connectivity index (χ3v) is 2.52. The van der Waals surface area contributed by atoms with E-state index in [0.717, 1.165) is 18.6 Å². The van der Waals surface area contributed by atoms with Crippen molar-refractivity contribution in [3.8, 4) is 0 Å². The van der Waals surface area contributed by atoms with Gasteiger partial charge in [0.05, 0.1) is 12.9 Å². The summed E-state index contributed by atoms with van der Waals surface area (Å²) in [6.45, 7) is 6.13. The molecule has 2 rings (SSSR count). The second kappa shape index (κ2) is 5.59. The predicted octanol–water partition coefficient (Wildman–Crippen LogP) is 3.95. The summed E-state index contributed by atoms with van der Waals surface area (Å²) in [6, 6.07) is 6.58. The quantitative estimate of drug-likeness (QED) is 0.673. The number of fused-ring (bicyclic) bond motifs is 1. The first kappa shape index (κ1) is 11.8. The molecule has 0 radical (unpaired) electrons. The van der Waals surface area contributed by atoms with Crippen molar-refractivity contribution in [2.24, 2.45) is 0 Å². The fourth-order valence-electron chi connectivity index (χ4n) is 1.76. The highest BCUT2D eigenvalue weighted by Crippen LogP contribution is 2.24. The molecule has 0 heterocycles. The number of aryl methyl sites for hydroxylation is 2. The van der Waals surface area contributed by atoms with Crippen molar-refractivity contribution in [3.63, 3.8) is 0 Å². The molecule has 0 saturated heterocycles. The van der Waals surface area contributed by atoms with Crippen LogP contribution in [0.15, 0.2) is 24.0 Å². The van der Waals surface area contributed by atoms with Gasteiger partial charge in [-0.3, -0.25) is 0 Å². The van der Waals surface area contributed by atoms with E-state index in [1.165, 1.54) is 16.7 Å². The maximum atomic E-state index is 5.24. The maximum Gasteiger partial charge on any atom is 0.0964 e. The third-order valence-electron chi connectivity index (χ3n) is 2.52. The van der Waals surface area contributed by atoms with Crippen LogP contribution in [0.1, 0.15) is 37.0 Å². The number of rotatable bonds is 1. The topological polar surface area (TPSA) is 9.23 Å². The molecule has 1 aromatic carbocycles. The number of benzene rings is 1. The first-order chi connectivity index (χ1) is 7.29. The van der Waals surface area contributed by atoms with E-state index < -0.39 is 0 Å². The zero-order valence-electron chi connectivity index (χ0n) is 10.1. The van der Waals surface area contributed by atoms with E-state index in [2.05, 4.69) is 31.2 Å². The fourth-order valence-corrected chi connectivity index (χ4v) is 1.76. The second-order valence-corrected chi connectivity index (χ2v) is 3.52. The Labute approximate surface area is 92.8 Å². The van der Waals surface area contributed by atoms with E-state index in [-0.39, 0.29) is 0 Å². The number of ether oxygens (including phenoxy) is 1. The van der Waals surface area contributed by atoms with E-state index in [0.29, 0.717) is 0 Å². The average molecular weight is 204 g/mol. The van der Waals surface area contributed by atoms with Crippen LogP contribution in [0, 0.1) is 6.92 Å². The van der Waals surface area contributed by atoms with Gasteiger partial charge >= 0.3 is 0 Å². The Balaban J connectivity index is 0.000000531. The van der Waals surface area contributed by atoms with Crippen molar-refractivity contribution in [3.05, 3.63) is 40.6 Å². The lowest BCUT2D eigenvalue weighted by molar-refractivity contribution is 0.280. The molecule has 0 atom stereocenters. The largest absolute Gasteiger partial charge is 0.501 e. The van der Waals surface area contributed by atoms with Crippen molar-refractivity contribution in [2.45, 2.75) is 33.6 Å². The standard InChI is InChI=1S/C12H14O.C2H6/c1-9-3-4-11-8-12(13-2)6-5-10(11)7-9;1-2/h3-4,7-8H,5-6H2,1-2H3;1-2H3. The van der Waals surface area contributed by atoms with Crippen LogP contribution in [0.2, 0.25) is 0 Å². The Morgan fingerprint density at radius 2 is 1.87 bits per heavy atom. The molecule has 15 heavy (non-hydrogen) atoms. The molecule has 1 nitrogen and oxygen atoms in total. The minimum atomic E-state index is 1.03. The summed E-state index contributed by atoms with van der Waals surface area (Å²) in [5, 5.41) is 0. The molecule has 0 unspecified atom stereocenters. The van der Waals surface area contributed by atoms with Gasteiger partial charge in [-0.05, 0) is 30.5 Å². The summed E-state index contributed by atoms with van der Waals surface area (Å²) < 4.78 is 5.24. The molecule has 1 aliphatic rings. The van der Waals surface area contributed by atoms with Gasteiger partial charge in [-0.15, -0.1) is 0 Å². The first-order valence-electron chi connectivity index (χ1n) is 5.63. The van der Waals surface area contributed by atoms with Gasteiger partial charge < -0.3 is 4.74 Å². The third kappa shape index (κ3) is 2.85. The molecule has 0 N–H and O–H groups in total. The van der Waals surface area contributed by atoms with Crippen molar-refractivity contribution in [2.75, 3.05) is 7.11 Å². The van der Waals surface area contributed by atoms with Gasteiger partial charge in [0.1, 0.15) is 0 Å². The van der Waals surface area contributed by atoms with Gasteiger partial charge in [-0.25, -0.2) is 0 Å². The fraction of sp³-hybridized carbons (Fsp3) is 0.429. The van der Waals surface area contributed by atoms with Crippen LogP contribution in [0.3, 0.4) is 0 Å². The molecule has 0 bridgehead atoms. The van der Waals surface area contributed by atoms with Crippen LogP contribution >= 0.6 is 0 Å². The van der Waals surface area contributed by atoms with Gasteiger partial charge in [0.15, 0.2) is 0 Å². The molecular formula is C14H20O. The van der Waals surface area contributed by atoms with Gasteiger partial charge in [0.2, 0.25) is 0 Å². The minimum absolute atomic E-state index is 1.03. The van der Waals surface area contributed by atoms with Crippen LogP contribution in [-0.4, -0.2) is 7.11 Å². The Kier molecular flexibility index (Phi) is 4.41. The summed E-state index contributed by atoms with van der Waals surface area (Å²) in [5.41, 5.74) is 4.10. The summed E-state index contributed by atoms with van der Waals surface area (Å²) in [7, 11) is 1.74. The number of hydrogen-bond donors (Lipinski definition) is 0. The molecule has 82 valence electrons. The predicted molar refractivity (Wildman–Crippen MR) is 65.8 cm³/mol. The Hall–Kier alpha value is -1.24. The van der Waals surface area contributed by atoms with E-state index in [1.54, 1.807) is 7.11 Å². The lowest BCUT2D eigenvalue weighted by Gasteiger charge is -2.15. The van der Waals surface area contributed by atoms with Gasteiger partial charge in [-0.1, -0.05) is 37.6 Å². The minimum Gasteiger partial charge on any atom is -0.501 e. The summed E-state index contributed by atoms with van der Waals surface area (Å²) in [6.07, 6.45) is 4.28. The highest BCUT2D eigenvalue weighted by atomic mass is 16.5. The SMILES string of the molecule is CC.COC1=Cc2ccc(C)cc2CC1. The van der Waals surface area contributed by atoms with Crippen LogP contribution in [0.25, 0.3) is 6.08 Å². The Bertz CT molecular complexity index is 350. The number of methoxy groups -OCH3 is 1. The van der Waals surface area contributed by atoms with E-state index >= 15 is 0 Å². The van der Waals surface area contributed by atoms with E-state index in [1.807, 2.05) is 13.8 Å². The highest BCUT2D eigenvalue weighted by molar-refractivity contribution is 5.58. The van der Waals surface area contributed by atoms with Crippen LogP contribution in [0.4, 0.5) is 0 Å². The van der Waals surface area contributed by atoms with Crippen molar-refractivity contribution >= 4 is 6.08 Å². The average Bonchev–Trinajstić information content (AvgIpc) is 2.31. The first-order valence-corrected chi connectivity index (χ1v) is 5.63. The highest BCUT2D eigenvalue weighted by Gasteiger charge is 2.09. The molecule has 1 aromatic rings. The zero-order chi connectivity index (χ0) is 11.3. The summed E-state index contributed by atoms with van der Waals surface area (Å²) in [5.74, 6) is 1.09. The smallest absolute Gasteiger partial charge is 0.0964 e. The Morgan fingerprint density at radius 1 is 1.13 bits per heavy atom. The molecule has 1 heteroatoms. The number of allylic oxidation sites excluding steroid dienone is 1. The van der Waals surface area contributed by atoms with Gasteiger partial charge in [-0.2, -0.15) is 0 Å². The monoisotopic (exact) mass is 204 g/mol. The van der Waals surface area contributed by atoms with Crippen LogP contribution < -0.4 is 0 Å². The molecular weight excluding hydrogens is 184 g/mol.